The summed E-state index contributed by atoms with van der Waals surface area (Å²) in [4.78, 5) is 34.7. The Bertz CT molecular complexity index is 727. The van der Waals surface area contributed by atoms with E-state index in [1.54, 1.807) is 41.1 Å². The normalized spacial score (nSPS) is 10.3. The minimum Gasteiger partial charge on any atom is -0.343 e. The molecule has 2 rings (SSSR count). The molecule has 5 heteroatoms. The van der Waals surface area contributed by atoms with Gasteiger partial charge in [0, 0.05) is 35.6 Å². The first-order valence-corrected chi connectivity index (χ1v) is 6.96. The molecule has 0 spiro atoms. The smallest absolute Gasteiger partial charge is 0.221 e. The number of hydrogen-bond donors (Lipinski definition) is 1. The van der Waals surface area contributed by atoms with Gasteiger partial charge in [-0.05, 0) is 44.2 Å². The number of rotatable bonds is 5. The van der Waals surface area contributed by atoms with Crippen molar-refractivity contribution in [3.05, 3.63) is 53.3 Å². The van der Waals surface area contributed by atoms with Crippen LogP contribution in [-0.4, -0.2) is 22.0 Å². The van der Waals surface area contributed by atoms with Crippen molar-refractivity contribution < 1.29 is 14.4 Å². The Morgan fingerprint density at radius 3 is 2.18 bits per heavy atom. The van der Waals surface area contributed by atoms with E-state index in [0.29, 0.717) is 16.8 Å². The molecule has 0 bridgehead atoms. The molecular weight excluding hydrogens is 280 g/mol. The summed E-state index contributed by atoms with van der Waals surface area (Å²) in [6, 6.07) is 8.47. The van der Waals surface area contributed by atoms with Crippen molar-refractivity contribution in [1.29, 1.82) is 0 Å². The highest BCUT2D eigenvalue weighted by Crippen LogP contribution is 2.14. The number of nitrogens with one attached hydrogen (secondary N) is 1. The molecular formula is C17H18N2O3. The summed E-state index contributed by atoms with van der Waals surface area (Å²) >= 11 is 0. The molecule has 0 aliphatic rings. The van der Waals surface area contributed by atoms with E-state index < -0.39 is 0 Å². The quantitative estimate of drug-likeness (QED) is 0.863. The van der Waals surface area contributed by atoms with Gasteiger partial charge in [0.25, 0.3) is 0 Å². The lowest BCUT2D eigenvalue weighted by Gasteiger charge is -2.07. The largest absolute Gasteiger partial charge is 0.343 e. The Kier molecular flexibility index (Phi) is 4.56. The van der Waals surface area contributed by atoms with E-state index in [4.69, 9.17) is 0 Å². The van der Waals surface area contributed by atoms with E-state index in [1.165, 1.54) is 13.8 Å². The van der Waals surface area contributed by atoms with Crippen molar-refractivity contribution in [3.63, 3.8) is 0 Å². The zero-order chi connectivity index (χ0) is 16.3. The van der Waals surface area contributed by atoms with Crippen LogP contribution in [-0.2, 0) is 11.3 Å². The Hall–Kier alpha value is -2.69. The van der Waals surface area contributed by atoms with E-state index in [1.807, 2.05) is 6.92 Å². The molecule has 114 valence electrons. The van der Waals surface area contributed by atoms with Crippen LogP contribution in [0.5, 0.6) is 0 Å². The number of ketones is 2. The Labute approximate surface area is 128 Å². The lowest BCUT2D eigenvalue weighted by atomic mass is 10.1. The van der Waals surface area contributed by atoms with Crippen LogP contribution < -0.4 is 5.32 Å². The molecule has 1 amide bonds. The zero-order valence-corrected chi connectivity index (χ0v) is 12.8. The van der Waals surface area contributed by atoms with Crippen LogP contribution in [0, 0.1) is 6.92 Å². The fourth-order valence-corrected chi connectivity index (χ4v) is 2.28. The molecule has 1 aromatic heterocycles. The maximum Gasteiger partial charge on any atom is 0.221 e. The maximum atomic E-state index is 12.3. The van der Waals surface area contributed by atoms with Gasteiger partial charge in [0.1, 0.15) is 0 Å². The molecule has 0 aliphatic carbocycles. The number of aromatic nitrogens is 1. The first-order chi connectivity index (χ1) is 10.4. The van der Waals surface area contributed by atoms with Gasteiger partial charge in [-0.3, -0.25) is 14.4 Å². The Morgan fingerprint density at radius 2 is 1.68 bits per heavy atom. The second kappa shape index (κ2) is 6.39. The van der Waals surface area contributed by atoms with E-state index in [2.05, 4.69) is 5.32 Å². The number of Topliss-reactive ketones (excluding diaryl/α,β-unsaturated/α-hetero) is 2. The second-order valence-electron chi connectivity index (χ2n) is 5.18. The van der Waals surface area contributed by atoms with Crippen molar-refractivity contribution >= 4 is 23.2 Å². The first-order valence-electron chi connectivity index (χ1n) is 6.96. The number of hydrogen-bond acceptors (Lipinski definition) is 3. The number of amides is 1. The van der Waals surface area contributed by atoms with Gasteiger partial charge in [-0.1, -0.05) is 0 Å². The van der Waals surface area contributed by atoms with Gasteiger partial charge in [-0.25, -0.2) is 0 Å². The first kappa shape index (κ1) is 15.7. The second-order valence-corrected chi connectivity index (χ2v) is 5.18. The van der Waals surface area contributed by atoms with Crippen LogP contribution in [0.3, 0.4) is 0 Å². The summed E-state index contributed by atoms with van der Waals surface area (Å²) < 4.78 is 1.76. The fraction of sp³-hybridized carbons (Fsp3) is 0.235. The number of carbonyl (C=O) groups excluding carboxylic acids is 3. The Morgan fingerprint density at radius 1 is 1.05 bits per heavy atom. The van der Waals surface area contributed by atoms with Crippen molar-refractivity contribution in [3.8, 4) is 0 Å². The van der Waals surface area contributed by atoms with Crippen molar-refractivity contribution in [2.75, 3.05) is 5.32 Å². The summed E-state index contributed by atoms with van der Waals surface area (Å²) in [5.41, 5.74) is 2.64. The van der Waals surface area contributed by atoms with Crippen LogP contribution in [0.4, 0.5) is 5.69 Å². The molecule has 0 unspecified atom stereocenters. The molecule has 0 saturated heterocycles. The van der Waals surface area contributed by atoms with Gasteiger partial charge in [0.15, 0.2) is 11.6 Å². The summed E-state index contributed by atoms with van der Waals surface area (Å²) in [5.74, 6) is -0.217. The molecule has 0 fully saturated rings. The fourth-order valence-electron chi connectivity index (χ4n) is 2.28. The van der Waals surface area contributed by atoms with E-state index in [0.717, 1.165) is 5.69 Å². The number of benzene rings is 1. The highest BCUT2D eigenvalue weighted by Gasteiger charge is 2.12. The molecule has 2 aromatic rings. The third-order valence-corrected chi connectivity index (χ3v) is 3.46. The average Bonchev–Trinajstić information content (AvgIpc) is 2.80. The highest BCUT2D eigenvalue weighted by atomic mass is 16.1. The third kappa shape index (κ3) is 3.49. The topological polar surface area (TPSA) is 68.2 Å². The van der Waals surface area contributed by atoms with E-state index in [-0.39, 0.29) is 24.0 Å². The molecule has 1 N–H and O–H groups in total. The van der Waals surface area contributed by atoms with E-state index >= 15 is 0 Å². The number of anilines is 1. The van der Waals surface area contributed by atoms with Gasteiger partial charge in [0.05, 0.1) is 6.54 Å². The van der Waals surface area contributed by atoms with Crippen molar-refractivity contribution in [2.45, 2.75) is 27.3 Å². The van der Waals surface area contributed by atoms with Crippen molar-refractivity contribution in [2.24, 2.45) is 0 Å². The third-order valence-electron chi connectivity index (χ3n) is 3.46. The van der Waals surface area contributed by atoms with Gasteiger partial charge < -0.3 is 9.88 Å². The summed E-state index contributed by atoms with van der Waals surface area (Å²) in [5, 5.41) is 2.65. The van der Waals surface area contributed by atoms with Crippen LogP contribution in [0.25, 0.3) is 0 Å². The Balaban J connectivity index is 2.12. The standard InChI is InChI=1S/C17H18N2O3/c1-11-16(12(2)20)8-9-19(11)10-17(22)14-4-6-15(7-5-14)18-13(3)21/h4-9H,10H2,1-3H3,(H,18,21). The van der Waals surface area contributed by atoms with Gasteiger partial charge in [-0.2, -0.15) is 0 Å². The average molecular weight is 298 g/mol. The molecule has 0 atom stereocenters. The van der Waals surface area contributed by atoms with Crippen LogP contribution >= 0.6 is 0 Å². The van der Waals surface area contributed by atoms with Crippen LogP contribution in [0.15, 0.2) is 36.5 Å². The lowest BCUT2D eigenvalue weighted by molar-refractivity contribution is -0.114. The summed E-state index contributed by atoms with van der Waals surface area (Å²) in [6.45, 7) is 4.94. The predicted octanol–water partition coefficient (Wildman–Crippen LogP) is 2.84. The monoisotopic (exact) mass is 298 g/mol. The lowest BCUT2D eigenvalue weighted by Crippen LogP contribution is -2.12. The molecule has 1 aromatic carbocycles. The van der Waals surface area contributed by atoms with Crippen LogP contribution in [0.2, 0.25) is 0 Å². The molecule has 0 aliphatic heterocycles. The number of carbonyl (C=O) groups is 3. The van der Waals surface area contributed by atoms with Gasteiger partial charge in [-0.15, -0.1) is 0 Å². The van der Waals surface area contributed by atoms with Crippen LogP contribution in [0.1, 0.15) is 40.3 Å². The minimum atomic E-state index is -0.154. The molecule has 0 saturated carbocycles. The van der Waals surface area contributed by atoms with E-state index in [9.17, 15) is 14.4 Å². The highest BCUT2D eigenvalue weighted by molar-refractivity contribution is 5.98. The molecule has 22 heavy (non-hydrogen) atoms. The molecule has 1 heterocycles. The van der Waals surface area contributed by atoms with Gasteiger partial charge in [0.2, 0.25) is 5.91 Å². The molecule has 0 radical (unpaired) electrons. The van der Waals surface area contributed by atoms with Gasteiger partial charge >= 0.3 is 0 Å². The minimum absolute atomic E-state index is 0.0108. The SMILES string of the molecule is CC(=O)Nc1ccc(C(=O)Cn2ccc(C(C)=O)c2C)cc1. The number of nitrogens with zero attached hydrogens (tertiary/aromatic N) is 1. The summed E-state index contributed by atoms with van der Waals surface area (Å²) in [7, 11) is 0. The molecule has 5 nitrogen and oxygen atoms in total. The summed E-state index contributed by atoms with van der Waals surface area (Å²) in [6.07, 6.45) is 1.75. The van der Waals surface area contributed by atoms with Crippen molar-refractivity contribution in [1.82, 2.24) is 4.57 Å². The predicted molar refractivity (Wildman–Crippen MR) is 84.2 cm³/mol. The zero-order valence-electron chi connectivity index (χ0n) is 12.8. The maximum absolute atomic E-state index is 12.3.